The van der Waals surface area contributed by atoms with E-state index in [0.717, 1.165) is 12.2 Å². The average Bonchev–Trinajstić information content (AvgIpc) is 2.63. The highest BCUT2D eigenvalue weighted by molar-refractivity contribution is 7.09. The largest absolute Gasteiger partial charge is 0.481 e. The third-order valence-electron chi connectivity index (χ3n) is 3.17. The van der Waals surface area contributed by atoms with E-state index in [-0.39, 0.29) is 0 Å². The Bertz CT molecular complexity index is 392. The van der Waals surface area contributed by atoms with Crippen molar-refractivity contribution < 1.29 is 9.90 Å². The first kappa shape index (κ1) is 14.1. The van der Waals surface area contributed by atoms with Gasteiger partial charge in [0.2, 0.25) is 0 Å². The second kappa shape index (κ2) is 5.60. The fraction of sp³-hybridized carbons (Fsp3) is 0.667. The van der Waals surface area contributed by atoms with E-state index in [1.165, 1.54) is 4.88 Å². The van der Waals surface area contributed by atoms with E-state index in [9.17, 15) is 9.90 Å². The quantitative estimate of drug-likeness (QED) is 0.849. The van der Waals surface area contributed by atoms with Gasteiger partial charge >= 0.3 is 5.97 Å². The molecule has 1 N–H and O–H groups in total. The molecule has 1 aromatic heterocycles. The molecule has 0 fully saturated rings. The lowest BCUT2D eigenvalue weighted by atomic mass is 9.87. The summed E-state index contributed by atoms with van der Waals surface area (Å²) in [5, 5.41) is 9.23. The van der Waals surface area contributed by atoms with Crippen LogP contribution in [0.4, 0.5) is 0 Å². The molecule has 5 heteroatoms. The van der Waals surface area contributed by atoms with Crippen LogP contribution in [-0.2, 0) is 11.3 Å². The second-order valence-electron chi connectivity index (χ2n) is 4.75. The van der Waals surface area contributed by atoms with Gasteiger partial charge in [0, 0.05) is 18.0 Å². The van der Waals surface area contributed by atoms with Crippen molar-refractivity contribution in [1.82, 2.24) is 9.88 Å². The molecule has 96 valence electrons. The zero-order chi connectivity index (χ0) is 13.1. The maximum absolute atomic E-state index is 11.2. The summed E-state index contributed by atoms with van der Waals surface area (Å²) in [7, 11) is 1.95. The first-order chi connectivity index (χ1) is 7.89. The van der Waals surface area contributed by atoms with Crippen LogP contribution in [0.1, 0.15) is 30.8 Å². The minimum absolute atomic E-state index is 0.552. The van der Waals surface area contributed by atoms with E-state index >= 15 is 0 Å². The van der Waals surface area contributed by atoms with Gasteiger partial charge in [-0.2, -0.15) is 0 Å². The molecule has 0 amide bonds. The van der Waals surface area contributed by atoms with Crippen LogP contribution >= 0.6 is 11.3 Å². The number of thiazole rings is 1. The Hall–Kier alpha value is -0.940. The van der Waals surface area contributed by atoms with Crippen molar-refractivity contribution in [3.05, 3.63) is 16.1 Å². The van der Waals surface area contributed by atoms with Gasteiger partial charge in [0.05, 0.1) is 16.6 Å². The van der Waals surface area contributed by atoms with Crippen molar-refractivity contribution in [2.45, 2.75) is 33.7 Å². The van der Waals surface area contributed by atoms with Crippen LogP contribution in [0.5, 0.6) is 0 Å². The molecule has 0 bridgehead atoms. The van der Waals surface area contributed by atoms with E-state index in [2.05, 4.69) is 9.88 Å². The normalized spacial score (nSPS) is 14.9. The van der Waals surface area contributed by atoms with Crippen LogP contribution in [0.2, 0.25) is 0 Å². The molecule has 4 nitrogen and oxygen atoms in total. The SMILES string of the molecule is CCC(C)(CN(C)Cc1scnc1C)C(=O)O. The summed E-state index contributed by atoms with van der Waals surface area (Å²) in [5.41, 5.74) is 2.19. The molecule has 0 radical (unpaired) electrons. The molecule has 0 aromatic carbocycles. The molecule has 0 aliphatic heterocycles. The Kier molecular flexibility index (Phi) is 4.65. The monoisotopic (exact) mass is 256 g/mol. The standard InChI is InChI=1S/C12H20N2O2S/c1-5-12(3,11(15)16)7-14(4)6-10-9(2)13-8-17-10/h8H,5-7H2,1-4H3,(H,15,16). The first-order valence-electron chi connectivity index (χ1n) is 5.70. The van der Waals surface area contributed by atoms with Gasteiger partial charge in [0.25, 0.3) is 0 Å². The number of nitrogens with zero attached hydrogens (tertiary/aromatic N) is 2. The first-order valence-corrected chi connectivity index (χ1v) is 6.58. The van der Waals surface area contributed by atoms with Crippen molar-refractivity contribution >= 4 is 17.3 Å². The minimum atomic E-state index is -0.729. The van der Waals surface area contributed by atoms with E-state index in [4.69, 9.17) is 0 Å². The maximum Gasteiger partial charge on any atom is 0.310 e. The zero-order valence-corrected chi connectivity index (χ0v) is 11.7. The predicted molar refractivity (Wildman–Crippen MR) is 69.2 cm³/mol. The Balaban J connectivity index is 2.63. The molecule has 17 heavy (non-hydrogen) atoms. The predicted octanol–water partition coefficient (Wildman–Crippen LogP) is 2.38. The van der Waals surface area contributed by atoms with Crippen molar-refractivity contribution in [1.29, 1.82) is 0 Å². The summed E-state index contributed by atoms with van der Waals surface area (Å²) in [5.74, 6) is -0.729. The number of carboxylic acids is 1. The van der Waals surface area contributed by atoms with Crippen LogP contribution in [0.3, 0.4) is 0 Å². The van der Waals surface area contributed by atoms with Crippen LogP contribution in [0.15, 0.2) is 5.51 Å². The Labute approximate surface area is 106 Å². The number of carbonyl (C=O) groups is 1. The summed E-state index contributed by atoms with van der Waals surface area (Å²) < 4.78 is 0. The third-order valence-corrected chi connectivity index (χ3v) is 4.09. The van der Waals surface area contributed by atoms with Gasteiger partial charge in [-0.05, 0) is 27.3 Å². The van der Waals surface area contributed by atoms with E-state index < -0.39 is 11.4 Å². The summed E-state index contributed by atoms with van der Waals surface area (Å²) in [4.78, 5) is 18.7. The van der Waals surface area contributed by atoms with Gasteiger partial charge in [-0.15, -0.1) is 11.3 Å². The Morgan fingerprint density at radius 2 is 2.29 bits per heavy atom. The number of rotatable bonds is 6. The van der Waals surface area contributed by atoms with Gasteiger partial charge in [0.1, 0.15) is 0 Å². The molecular formula is C12H20N2O2S. The summed E-state index contributed by atoms with van der Waals surface area (Å²) in [6.07, 6.45) is 0.633. The number of hydrogen-bond acceptors (Lipinski definition) is 4. The molecule has 1 heterocycles. The summed E-state index contributed by atoms with van der Waals surface area (Å²) in [6.45, 7) is 7.01. The molecule has 1 atom stereocenters. The molecule has 0 saturated carbocycles. The lowest BCUT2D eigenvalue weighted by Gasteiger charge is -2.28. The number of hydrogen-bond donors (Lipinski definition) is 1. The van der Waals surface area contributed by atoms with Gasteiger partial charge in [-0.3, -0.25) is 4.79 Å². The Morgan fingerprint density at radius 1 is 1.65 bits per heavy atom. The highest BCUT2D eigenvalue weighted by Gasteiger charge is 2.32. The van der Waals surface area contributed by atoms with E-state index in [0.29, 0.717) is 13.0 Å². The molecule has 0 saturated heterocycles. The zero-order valence-electron chi connectivity index (χ0n) is 10.9. The number of aromatic nitrogens is 1. The molecule has 0 aliphatic rings. The maximum atomic E-state index is 11.2. The van der Waals surface area contributed by atoms with Crippen molar-refractivity contribution in [3.8, 4) is 0 Å². The number of aryl methyl sites for hydroxylation is 1. The van der Waals surface area contributed by atoms with Crippen LogP contribution < -0.4 is 0 Å². The summed E-state index contributed by atoms with van der Waals surface area (Å²) >= 11 is 1.62. The number of aliphatic carboxylic acids is 1. The fourth-order valence-corrected chi connectivity index (χ4v) is 2.56. The molecule has 0 spiro atoms. The number of carboxylic acid groups (broad SMARTS) is 1. The lowest BCUT2D eigenvalue weighted by molar-refractivity contribution is -0.149. The molecule has 0 aliphatic carbocycles. The van der Waals surface area contributed by atoms with Crippen LogP contribution in [0.25, 0.3) is 0 Å². The van der Waals surface area contributed by atoms with Crippen molar-refractivity contribution in [2.24, 2.45) is 5.41 Å². The van der Waals surface area contributed by atoms with E-state index in [1.54, 1.807) is 18.3 Å². The highest BCUT2D eigenvalue weighted by atomic mass is 32.1. The third kappa shape index (κ3) is 3.51. The molecule has 1 unspecified atom stereocenters. The minimum Gasteiger partial charge on any atom is -0.481 e. The second-order valence-corrected chi connectivity index (χ2v) is 5.69. The molecular weight excluding hydrogens is 236 g/mol. The van der Waals surface area contributed by atoms with Crippen LogP contribution in [0, 0.1) is 12.3 Å². The molecule has 1 aromatic rings. The lowest BCUT2D eigenvalue weighted by Crippen LogP contribution is -2.38. The average molecular weight is 256 g/mol. The van der Waals surface area contributed by atoms with Gasteiger partial charge in [-0.1, -0.05) is 6.92 Å². The van der Waals surface area contributed by atoms with Gasteiger partial charge < -0.3 is 10.0 Å². The topological polar surface area (TPSA) is 53.4 Å². The van der Waals surface area contributed by atoms with Crippen LogP contribution in [-0.4, -0.2) is 34.6 Å². The van der Waals surface area contributed by atoms with Gasteiger partial charge in [0.15, 0.2) is 0 Å². The van der Waals surface area contributed by atoms with Gasteiger partial charge in [-0.25, -0.2) is 4.98 Å². The summed E-state index contributed by atoms with van der Waals surface area (Å²) in [6, 6.07) is 0. The molecule has 1 rings (SSSR count). The van der Waals surface area contributed by atoms with Crippen molar-refractivity contribution in [3.63, 3.8) is 0 Å². The van der Waals surface area contributed by atoms with E-state index in [1.807, 2.05) is 26.4 Å². The van der Waals surface area contributed by atoms with Crippen molar-refractivity contribution in [2.75, 3.05) is 13.6 Å². The smallest absolute Gasteiger partial charge is 0.310 e. The highest BCUT2D eigenvalue weighted by Crippen LogP contribution is 2.24. The Morgan fingerprint density at radius 3 is 2.71 bits per heavy atom. The fourth-order valence-electron chi connectivity index (χ4n) is 1.71.